The number of piperazine rings is 1. The van der Waals surface area contributed by atoms with Gasteiger partial charge >= 0.3 is 0 Å². The van der Waals surface area contributed by atoms with Gasteiger partial charge in [0.15, 0.2) is 0 Å². The highest BCUT2D eigenvalue weighted by atomic mass is 32.1. The lowest BCUT2D eigenvalue weighted by Gasteiger charge is -2.31. The Bertz CT molecular complexity index is 303. The minimum Gasteiger partial charge on any atom is -0.326 e. The molecule has 0 radical (unpaired) electrons. The van der Waals surface area contributed by atoms with E-state index in [1.165, 1.54) is 35.9 Å². The number of thiophene rings is 1. The van der Waals surface area contributed by atoms with Crippen LogP contribution in [0.2, 0.25) is 0 Å². The number of nitrogens with two attached hydrogens (primary N) is 1. The topological polar surface area (TPSA) is 32.5 Å². The van der Waals surface area contributed by atoms with Crippen LogP contribution >= 0.6 is 11.3 Å². The summed E-state index contributed by atoms with van der Waals surface area (Å²) in [4.78, 5) is 7.64. The quantitative estimate of drug-likeness (QED) is 0.831. The van der Waals surface area contributed by atoms with Gasteiger partial charge in [-0.2, -0.15) is 0 Å². The Morgan fingerprint density at radius 1 is 1.20 bits per heavy atom. The van der Waals surface area contributed by atoms with Crippen molar-refractivity contribution in [2.75, 3.05) is 33.2 Å². The van der Waals surface area contributed by atoms with Gasteiger partial charge in [-0.3, -0.25) is 4.90 Å². The molecule has 0 aromatic carbocycles. The molecule has 0 unspecified atom stereocenters. The lowest BCUT2D eigenvalue weighted by Crippen LogP contribution is -2.43. The maximum absolute atomic E-state index is 5.60. The molecular weight excluding hydrogens is 206 g/mol. The monoisotopic (exact) mass is 225 g/mol. The summed E-state index contributed by atoms with van der Waals surface area (Å²) < 4.78 is 0. The predicted octanol–water partition coefficient (Wildman–Crippen LogP) is 0.954. The van der Waals surface area contributed by atoms with Crippen molar-refractivity contribution in [3.05, 3.63) is 21.9 Å². The molecule has 1 aromatic heterocycles. The molecule has 84 valence electrons. The molecule has 1 aromatic rings. The van der Waals surface area contributed by atoms with Crippen LogP contribution in [0, 0.1) is 0 Å². The van der Waals surface area contributed by atoms with Crippen LogP contribution in [0.25, 0.3) is 0 Å². The largest absolute Gasteiger partial charge is 0.326 e. The van der Waals surface area contributed by atoms with Crippen LogP contribution in [-0.2, 0) is 13.1 Å². The summed E-state index contributed by atoms with van der Waals surface area (Å²) in [5.74, 6) is 0. The zero-order valence-electron chi connectivity index (χ0n) is 9.28. The van der Waals surface area contributed by atoms with Gasteiger partial charge in [-0.1, -0.05) is 0 Å². The fraction of sp³-hybridized carbons (Fsp3) is 0.636. The average molecular weight is 225 g/mol. The standard InChI is InChI=1S/C11H19N3S/c1-13-4-6-14(7-5-13)9-11-3-2-10(8-12)15-11/h2-3H,4-9,12H2,1H3. The van der Waals surface area contributed by atoms with Crippen LogP contribution in [0.1, 0.15) is 9.75 Å². The van der Waals surface area contributed by atoms with E-state index in [0.29, 0.717) is 6.54 Å². The SMILES string of the molecule is CN1CCN(Cc2ccc(CN)s2)CC1. The highest BCUT2D eigenvalue weighted by molar-refractivity contribution is 7.11. The molecule has 2 rings (SSSR count). The first-order chi connectivity index (χ1) is 7.28. The van der Waals surface area contributed by atoms with Gasteiger partial charge in [-0.05, 0) is 19.2 Å². The normalized spacial score (nSPS) is 19.6. The Hall–Kier alpha value is -0.420. The highest BCUT2D eigenvalue weighted by Gasteiger charge is 2.14. The van der Waals surface area contributed by atoms with Crippen molar-refractivity contribution in [2.45, 2.75) is 13.1 Å². The predicted molar refractivity (Wildman–Crippen MR) is 65.0 cm³/mol. The number of nitrogens with zero attached hydrogens (tertiary/aromatic N) is 2. The van der Waals surface area contributed by atoms with Crippen molar-refractivity contribution in [1.82, 2.24) is 9.80 Å². The highest BCUT2D eigenvalue weighted by Crippen LogP contribution is 2.18. The van der Waals surface area contributed by atoms with E-state index in [2.05, 4.69) is 29.0 Å². The van der Waals surface area contributed by atoms with Crippen molar-refractivity contribution in [1.29, 1.82) is 0 Å². The molecule has 0 saturated carbocycles. The Balaban J connectivity index is 1.86. The molecule has 1 aliphatic heterocycles. The number of hydrogen-bond acceptors (Lipinski definition) is 4. The van der Waals surface area contributed by atoms with Gasteiger partial charge in [0, 0.05) is 49.0 Å². The summed E-state index contributed by atoms with van der Waals surface area (Å²) in [6.45, 7) is 6.52. The zero-order chi connectivity index (χ0) is 10.7. The molecule has 0 bridgehead atoms. The maximum atomic E-state index is 5.60. The second kappa shape index (κ2) is 5.07. The molecule has 1 aliphatic rings. The number of likely N-dealkylation sites (N-methyl/N-ethyl adjacent to an activating group) is 1. The van der Waals surface area contributed by atoms with Crippen LogP contribution in [0.3, 0.4) is 0 Å². The van der Waals surface area contributed by atoms with Gasteiger partial charge in [0.05, 0.1) is 0 Å². The molecular formula is C11H19N3S. The molecule has 0 aliphatic carbocycles. The van der Waals surface area contributed by atoms with Crippen molar-refractivity contribution in [2.24, 2.45) is 5.73 Å². The summed E-state index contributed by atoms with van der Waals surface area (Å²) in [7, 11) is 2.19. The van der Waals surface area contributed by atoms with Gasteiger partial charge in [-0.25, -0.2) is 0 Å². The van der Waals surface area contributed by atoms with E-state index in [0.717, 1.165) is 6.54 Å². The number of hydrogen-bond donors (Lipinski definition) is 1. The van der Waals surface area contributed by atoms with Gasteiger partial charge in [-0.15, -0.1) is 11.3 Å². The third-order valence-corrected chi connectivity index (χ3v) is 3.99. The summed E-state index contributed by atoms with van der Waals surface area (Å²) in [5.41, 5.74) is 5.60. The van der Waals surface area contributed by atoms with Crippen LogP contribution < -0.4 is 5.73 Å². The second-order valence-electron chi connectivity index (χ2n) is 4.15. The van der Waals surface area contributed by atoms with E-state index in [9.17, 15) is 0 Å². The van der Waals surface area contributed by atoms with Crippen LogP contribution in [0.4, 0.5) is 0 Å². The first-order valence-electron chi connectivity index (χ1n) is 5.46. The van der Waals surface area contributed by atoms with Gasteiger partial charge in [0.25, 0.3) is 0 Å². The number of rotatable bonds is 3. The molecule has 3 nitrogen and oxygen atoms in total. The van der Waals surface area contributed by atoms with Crippen molar-refractivity contribution in [3.8, 4) is 0 Å². The Morgan fingerprint density at radius 2 is 1.87 bits per heavy atom. The van der Waals surface area contributed by atoms with Gasteiger partial charge < -0.3 is 10.6 Å². The second-order valence-corrected chi connectivity index (χ2v) is 5.40. The minimum atomic E-state index is 0.674. The van der Waals surface area contributed by atoms with E-state index in [1.54, 1.807) is 0 Å². The van der Waals surface area contributed by atoms with Crippen molar-refractivity contribution < 1.29 is 0 Å². The summed E-state index contributed by atoms with van der Waals surface area (Å²) >= 11 is 1.85. The van der Waals surface area contributed by atoms with Gasteiger partial charge in [0.1, 0.15) is 0 Å². The Labute approximate surface area is 95.5 Å². The molecule has 0 amide bonds. The molecule has 2 N–H and O–H groups in total. The third kappa shape index (κ3) is 3.01. The summed E-state index contributed by atoms with van der Waals surface area (Å²) in [6.07, 6.45) is 0. The van der Waals surface area contributed by atoms with Gasteiger partial charge in [0.2, 0.25) is 0 Å². The Kier molecular flexibility index (Phi) is 3.75. The zero-order valence-corrected chi connectivity index (χ0v) is 10.1. The first-order valence-corrected chi connectivity index (χ1v) is 6.28. The van der Waals surface area contributed by atoms with E-state index >= 15 is 0 Å². The lowest BCUT2D eigenvalue weighted by molar-refractivity contribution is 0.149. The van der Waals surface area contributed by atoms with E-state index in [4.69, 9.17) is 5.73 Å². The maximum Gasteiger partial charge on any atom is 0.0329 e. The summed E-state index contributed by atoms with van der Waals surface area (Å²) in [6, 6.07) is 4.36. The smallest absolute Gasteiger partial charge is 0.0329 e. The summed E-state index contributed by atoms with van der Waals surface area (Å²) in [5, 5.41) is 0. The Morgan fingerprint density at radius 3 is 2.47 bits per heavy atom. The molecule has 1 saturated heterocycles. The van der Waals surface area contributed by atoms with Crippen LogP contribution in [0.5, 0.6) is 0 Å². The van der Waals surface area contributed by atoms with Crippen molar-refractivity contribution in [3.63, 3.8) is 0 Å². The van der Waals surface area contributed by atoms with E-state index in [1.807, 2.05) is 11.3 Å². The molecule has 4 heteroatoms. The van der Waals surface area contributed by atoms with Crippen LogP contribution in [0.15, 0.2) is 12.1 Å². The molecule has 1 fully saturated rings. The fourth-order valence-corrected chi connectivity index (χ4v) is 2.78. The first kappa shape index (κ1) is 11.1. The molecule has 0 spiro atoms. The molecule has 2 heterocycles. The van der Waals surface area contributed by atoms with E-state index in [-0.39, 0.29) is 0 Å². The van der Waals surface area contributed by atoms with E-state index < -0.39 is 0 Å². The van der Waals surface area contributed by atoms with Crippen LogP contribution in [-0.4, -0.2) is 43.0 Å². The average Bonchev–Trinajstić information content (AvgIpc) is 2.69. The third-order valence-electron chi connectivity index (χ3n) is 2.89. The lowest BCUT2D eigenvalue weighted by atomic mass is 10.3. The molecule has 0 atom stereocenters. The molecule has 15 heavy (non-hydrogen) atoms. The fourth-order valence-electron chi connectivity index (χ4n) is 1.84. The van der Waals surface area contributed by atoms with Crippen molar-refractivity contribution >= 4 is 11.3 Å². The minimum absolute atomic E-state index is 0.674.